The van der Waals surface area contributed by atoms with E-state index in [9.17, 15) is 9.59 Å². The highest BCUT2D eigenvalue weighted by atomic mass is 32.2. The topological polar surface area (TPSA) is 70.7 Å². The van der Waals surface area contributed by atoms with Crippen molar-refractivity contribution in [1.82, 2.24) is 5.32 Å². The second-order valence-electron chi connectivity index (χ2n) is 6.44. The monoisotopic (exact) mass is 397 g/mol. The lowest BCUT2D eigenvalue weighted by molar-refractivity contribution is -0.116. The largest absolute Gasteiger partial charge is 0.487 e. The van der Waals surface area contributed by atoms with E-state index in [-0.39, 0.29) is 17.6 Å². The zero-order chi connectivity index (χ0) is 19.9. The van der Waals surface area contributed by atoms with Gasteiger partial charge in [-0.2, -0.15) is 0 Å². The number of para-hydroxylation sites is 1. The average Bonchev–Trinajstić information content (AvgIpc) is 2.73. The van der Waals surface area contributed by atoms with Crippen LogP contribution in [0.2, 0.25) is 0 Å². The third-order valence-corrected chi connectivity index (χ3v) is 4.98. The number of thioether (sulfide) groups is 1. The Morgan fingerprint density at radius 3 is 2.50 bits per heavy atom. The highest BCUT2D eigenvalue weighted by Crippen LogP contribution is 2.20. The summed E-state index contributed by atoms with van der Waals surface area (Å²) in [6.07, 6.45) is 0. The molecule has 1 heterocycles. The predicted molar refractivity (Wildman–Crippen MR) is 114 cm³/mol. The second-order valence-corrected chi connectivity index (χ2v) is 7.42. The summed E-state index contributed by atoms with van der Waals surface area (Å²) in [5, 5.41) is 7.36. The molecule has 2 aromatic rings. The van der Waals surface area contributed by atoms with Crippen molar-refractivity contribution >= 4 is 35.0 Å². The summed E-state index contributed by atoms with van der Waals surface area (Å²) in [4.78, 5) is 27.0. The Labute approximate surface area is 168 Å². The first kappa shape index (κ1) is 19.8. The van der Waals surface area contributed by atoms with Crippen LogP contribution in [0.15, 0.2) is 59.7 Å². The van der Waals surface area contributed by atoms with Gasteiger partial charge in [0.15, 0.2) is 5.76 Å². The number of carbonyl (C=O) groups excluding carboxylic acids is 2. The molecule has 7 heteroatoms. The van der Waals surface area contributed by atoms with Crippen LogP contribution in [0.3, 0.4) is 0 Å². The van der Waals surface area contributed by atoms with Crippen LogP contribution in [0, 0.1) is 0 Å². The van der Waals surface area contributed by atoms with Crippen molar-refractivity contribution in [2.24, 2.45) is 0 Å². The van der Waals surface area contributed by atoms with E-state index in [1.165, 1.54) is 11.8 Å². The first-order valence-electron chi connectivity index (χ1n) is 8.94. The molecule has 28 heavy (non-hydrogen) atoms. The molecule has 0 aliphatic carbocycles. The van der Waals surface area contributed by atoms with E-state index in [1.54, 1.807) is 29.7 Å². The fourth-order valence-corrected chi connectivity index (χ4v) is 3.27. The Morgan fingerprint density at radius 1 is 1.07 bits per heavy atom. The summed E-state index contributed by atoms with van der Waals surface area (Å²) in [5.74, 6) is 0.491. The molecule has 6 nitrogen and oxygen atoms in total. The minimum absolute atomic E-state index is 0.250. The maximum absolute atomic E-state index is 12.7. The molecular formula is C21H23N3O3S. The molecule has 2 amide bonds. The maximum atomic E-state index is 12.7. The van der Waals surface area contributed by atoms with Gasteiger partial charge in [0.1, 0.15) is 0 Å². The van der Waals surface area contributed by atoms with Crippen LogP contribution < -0.4 is 15.5 Å². The third-order valence-electron chi connectivity index (χ3n) is 4.20. The number of hydrogen-bond donors (Lipinski definition) is 2. The third kappa shape index (κ3) is 5.07. The van der Waals surface area contributed by atoms with Crippen molar-refractivity contribution in [3.63, 3.8) is 0 Å². The summed E-state index contributed by atoms with van der Waals surface area (Å²) in [6.45, 7) is 0.901. The smallest absolute Gasteiger partial charge is 0.291 e. The fourth-order valence-electron chi connectivity index (χ4n) is 2.65. The molecule has 0 spiro atoms. The minimum Gasteiger partial charge on any atom is -0.487 e. The molecule has 0 aromatic heterocycles. The molecule has 2 N–H and O–H groups in total. The zero-order valence-electron chi connectivity index (χ0n) is 15.9. The van der Waals surface area contributed by atoms with Crippen molar-refractivity contribution in [2.75, 3.05) is 36.7 Å². The van der Waals surface area contributed by atoms with Gasteiger partial charge in [-0.1, -0.05) is 24.3 Å². The number of nitrogens with zero attached hydrogens (tertiary/aromatic N) is 1. The van der Waals surface area contributed by atoms with E-state index in [0.717, 1.165) is 17.0 Å². The van der Waals surface area contributed by atoms with Gasteiger partial charge in [-0.05, 0) is 29.8 Å². The first-order valence-corrected chi connectivity index (χ1v) is 9.99. The van der Waals surface area contributed by atoms with E-state index in [1.807, 2.05) is 43.3 Å². The summed E-state index contributed by atoms with van der Waals surface area (Å²) in [5.41, 5.74) is 2.96. The number of ether oxygens (including phenoxy) is 1. The summed E-state index contributed by atoms with van der Waals surface area (Å²) in [7, 11) is 3.96. The van der Waals surface area contributed by atoms with Crippen molar-refractivity contribution in [2.45, 2.75) is 6.54 Å². The van der Waals surface area contributed by atoms with Crippen LogP contribution in [0.4, 0.5) is 11.4 Å². The first-order chi connectivity index (χ1) is 13.5. The van der Waals surface area contributed by atoms with Gasteiger partial charge in [0.2, 0.25) is 0 Å². The van der Waals surface area contributed by atoms with E-state index >= 15 is 0 Å². The maximum Gasteiger partial charge on any atom is 0.291 e. The number of carbonyl (C=O) groups is 2. The van der Waals surface area contributed by atoms with E-state index in [0.29, 0.717) is 24.4 Å². The molecule has 0 bridgehead atoms. The van der Waals surface area contributed by atoms with Crippen molar-refractivity contribution in [3.8, 4) is 0 Å². The van der Waals surface area contributed by atoms with Gasteiger partial charge in [-0.3, -0.25) is 9.59 Å². The number of amides is 2. The lowest BCUT2D eigenvalue weighted by atomic mass is 10.1. The molecular weight excluding hydrogens is 374 g/mol. The van der Waals surface area contributed by atoms with Crippen LogP contribution in [-0.4, -0.2) is 38.3 Å². The SMILES string of the molecule is CN(C)c1ccc(CNC(=O)c2ccccc2NC(=O)C2=CSCCO2)cc1. The minimum atomic E-state index is -0.355. The van der Waals surface area contributed by atoms with E-state index < -0.39 is 0 Å². The molecule has 146 valence electrons. The molecule has 0 unspecified atom stereocenters. The molecule has 0 saturated heterocycles. The Morgan fingerprint density at radius 2 is 1.82 bits per heavy atom. The van der Waals surface area contributed by atoms with Crippen LogP contribution in [0.1, 0.15) is 15.9 Å². The van der Waals surface area contributed by atoms with Gasteiger partial charge in [0.05, 0.1) is 17.9 Å². The van der Waals surface area contributed by atoms with Crippen molar-refractivity contribution in [3.05, 3.63) is 70.8 Å². The Balaban J connectivity index is 1.65. The molecule has 2 aromatic carbocycles. The van der Waals surface area contributed by atoms with Gasteiger partial charge in [0.25, 0.3) is 11.8 Å². The molecule has 1 aliphatic heterocycles. The summed E-state index contributed by atoms with van der Waals surface area (Å²) >= 11 is 1.53. The second kappa shape index (κ2) is 9.32. The molecule has 0 saturated carbocycles. The molecule has 0 radical (unpaired) electrons. The van der Waals surface area contributed by atoms with Gasteiger partial charge < -0.3 is 20.3 Å². The van der Waals surface area contributed by atoms with Gasteiger partial charge in [-0.25, -0.2) is 0 Å². The molecule has 3 rings (SSSR count). The van der Waals surface area contributed by atoms with E-state index in [2.05, 4.69) is 10.6 Å². The van der Waals surface area contributed by atoms with Crippen LogP contribution >= 0.6 is 11.8 Å². The predicted octanol–water partition coefficient (Wildman–Crippen LogP) is 3.23. The van der Waals surface area contributed by atoms with Crippen LogP contribution in [0.25, 0.3) is 0 Å². The van der Waals surface area contributed by atoms with Crippen molar-refractivity contribution in [1.29, 1.82) is 0 Å². The number of benzene rings is 2. The average molecular weight is 398 g/mol. The Kier molecular flexibility index (Phi) is 6.60. The van der Waals surface area contributed by atoms with Gasteiger partial charge in [-0.15, -0.1) is 11.8 Å². The number of anilines is 2. The molecule has 1 aliphatic rings. The Hall–Kier alpha value is -2.93. The molecule has 0 fully saturated rings. The summed E-state index contributed by atoms with van der Waals surface area (Å²) < 4.78 is 5.37. The zero-order valence-corrected chi connectivity index (χ0v) is 16.7. The molecule has 0 atom stereocenters. The number of rotatable bonds is 6. The summed E-state index contributed by atoms with van der Waals surface area (Å²) in [6, 6.07) is 14.9. The highest BCUT2D eigenvalue weighted by Gasteiger charge is 2.18. The van der Waals surface area contributed by atoms with E-state index in [4.69, 9.17) is 4.74 Å². The quantitative estimate of drug-likeness (QED) is 0.783. The fraction of sp³-hybridized carbons (Fsp3) is 0.238. The van der Waals surface area contributed by atoms with Crippen LogP contribution in [0.5, 0.6) is 0 Å². The number of nitrogens with one attached hydrogen (secondary N) is 2. The lowest BCUT2D eigenvalue weighted by Crippen LogP contribution is -2.25. The standard InChI is InChI=1S/C21H23N3O3S/c1-24(2)16-9-7-15(8-10-16)13-22-20(25)17-5-3-4-6-18(17)23-21(26)19-14-28-12-11-27-19/h3-10,14H,11-13H2,1-2H3,(H,22,25)(H,23,26). The van der Waals surface area contributed by atoms with Gasteiger partial charge in [0, 0.05) is 37.5 Å². The highest BCUT2D eigenvalue weighted by molar-refractivity contribution is 8.02. The Bertz CT molecular complexity index is 879. The number of hydrogen-bond acceptors (Lipinski definition) is 5. The normalized spacial score (nSPS) is 13.1. The van der Waals surface area contributed by atoms with Gasteiger partial charge >= 0.3 is 0 Å². The van der Waals surface area contributed by atoms with Crippen molar-refractivity contribution < 1.29 is 14.3 Å². The van der Waals surface area contributed by atoms with Crippen LogP contribution in [-0.2, 0) is 16.1 Å². The lowest BCUT2D eigenvalue weighted by Gasteiger charge is -2.16.